The molecule has 3 aromatic rings. The number of hydrogen-bond donors (Lipinski definition) is 2. The van der Waals surface area contributed by atoms with E-state index >= 15 is 0 Å². The van der Waals surface area contributed by atoms with Gasteiger partial charge in [0.05, 0.1) is 58.2 Å². The zero-order chi connectivity index (χ0) is 25.4. The number of halogens is 4. The predicted octanol–water partition coefficient (Wildman–Crippen LogP) is 4.08. The predicted molar refractivity (Wildman–Crippen MR) is 115 cm³/mol. The van der Waals surface area contributed by atoms with Crippen LogP contribution in [0.4, 0.5) is 23.2 Å². The van der Waals surface area contributed by atoms with Crippen LogP contribution in [0.25, 0.3) is 5.82 Å². The summed E-state index contributed by atoms with van der Waals surface area (Å²) >= 11 is 0. The van der Waals surface area contributed by atoms with E-state index in [-0.39, 0.29) is 11.3 Å². The largest absolute Gasteiger partial charge is 0.417 e. The summed E-state index contributed by atoms with van der Waals surface area (Å²) in [4.78, 5) is 20.6. The van der Waals surface area contributed by atoms with E-state index in [1.807, 2.05) is 0 Å². The van der Waals surface area contributed by atoms with Crippen molar-refractivity contribution in [2.45, 2.75) is 50.3 Å². The van der Waals surface area contributed by atoms with Gasteiger partial charge in [0.15, 0.2) is 11.6 Å². The van der Waals surface area contributed by atoms with Crippen LogP contribution < -0.4 is 5.32 Å². The Morgan fingerprint density at radius 3 is 2.51 bits per heavy atom. The monoisotopic (exact) mass is 488 g/mol. The summed E-state index contributed by atoms with van der Waals surface area (Å²) < 4.78 is 53.6. The van der Waals surface area contributed by atoms with E-state index < -0.39 is 40.8 Å². The molecule has 0 spiro atoms. The molecule has 1 aliphatic rings. The second-order valence-electron chi connectivity index (χ2n) is 8.39. The van der Waals surface area contributed by atoms with Crippen LogP contribution in [0.15, 0.2) is 36.8 Å². The maximum Gasteiger partial charge on any atom is 0.417 e. The number of alkyl halides is 3. The van der Waals surface area contributed by atoms with Gasteiger partial charge in [-0.15, -0.1) is 0 Å². The van der Waals surface area contributed by atoms with Crippen molar-refractivity contribution in [3.05, 3.63) is 65.1 Å². The van der Waals surface area contributed by atoms with Crippen LogP contribution in [0.1, 0.15) is 53.0 Å². The topological polar surface area (TPSA) is 117 Å². The molecule has 12 heteroatoms. The molecule has 3 heterocycles. The molecule has 8 nitrogen and oxygen atoms in total. The van der Waals surface area contributed by atoms with E-state index in [1.165, 1.54) is 13.1 Å². The number of aromatic nitrogens is 4. The van der Waals surface area contributed by atoms with Crippen molar-refractivity contribution in [2.75, 3.05) is 5.32 Å². The summed E-state index contributed by atoms with van der Waals surface area (Å²) in [6.45, 7) is 1.45. The summed E-state index contributed by atoms with van der Waals surface area (Å²) in [5, 5.41) is 26.0. The third-order valence-electron chi connectivity index (χ3n) is 6.14. The van der Waals surface area contributed by atoms with E-state index in [0.29, 0.717) is 49.3 Å². The molecule has 1 aliphatic carbocycles. The highest BCUT2D eigenvalue weighted by Gasteiger charge is 2.38. The third kappa shape index (κ3) is 4.72. The molecule has 0 aromatic carbocycles. The molecule has 1 fully saturated rings. The molecule has 0 unspecified atom stereocenters. The quantitative estimate of drug-likeness (QED) is 0.535. The summed E-state index contributed by atoms with van der Waals surface area (Å²) in [5.41, 5.74) is -0.906. The molecule has 1 amide bonds. The van der Waals surface area contributed by atoms with Crippen LogP contribution in [-0.4, -0.2) is 36.9 Å². The standard InChI is InChI=1S/C23H20F4N6O2/c1-13-17(11-31-33(13)20-18(24)8-14(9-30-20)23(25,26)27)21(35)32-15-2-3-19(29-10-15)22(12-28)6-4-16(34)5-7-22/h2-3,8-11,16,34H,4-7H2,1H3,(H,32,35). The average Bonchev–Trinajstić information content (AvgIpc) is 3.21. The van der Waals surface area contributed by atoms with Gasteiger partial charge in [0.2, 0.25) is 0 Å². The van der Waals surface area contributed by atoms with Crippen molar-refractivity contribution < 1.29 is 27.5 Å². The van der Waals surface area contributed by atoms with Crippen molar-refractivity contribution in [1.29, 1.82) is 5.26 Å². The Labute approximate surface area is 197 Å². The van der Waals surface area contributed by atoms with Crippen molar-refractivity contribution in [3.63, 3.8) is 0 Å². The zero-order valence-electron chi connectivity index (χ0n) is 18.5. The number of nitrogens with zero attached hydrogens (tertiary/aromatic N) is 5. The molecule has 1 saturated carbocycles. The fourth-order valence-corrected chi connectivity index (χ4v) is 4.06. The first-order valence-corrected chi connectivity index (χ1v) is 10.7. The van der Waals surface area contributed by atoms with Gasteiger partial charge in [-0.05, 0) is 50.8 Å². The molecule has 0 atom stereocenters. The molecular formula is C23H20F4N6O2. The number of carbonyl (C=O) groups excluding carboxylic acids is 1. The summed E-state index contributed by atoms with van der Waals surface area (Å²) in [6.07, 6.45) is -0.134. The summed E-state index contributed by atoms with van der Waals surface area (Å²) in [6, 6.07) is 5.87. The molecule has 35 heavy (non-hydrogen) atoms. The van der Waals surface area contributed by atoms with E-state index in [2.05, 4.69) is 26.5 Å². The summed E-state index contributed by atoms with van der Waals surface area (Å²) in [7, 11) is 0. The first-order chi connectivity index (χ1) is 16.5. The van der Waals surface area contributed by atoms with Crippen LogP contribution in [0.3, 0.4) is 0 Å². The molecular weight excluding hydrogens is 468 g/mol. The number of aliphatic hydroxyl groups excluding tert-OH is 1. The minimum Gasteiger partial charge on any atom is -0.393 e. The minimum atomic E-state index is -4.74. The lowest BCUT2D eigenvalue weighted by molar-refractivity contribution is -0.138. The number of pyridine rings is 2. The fourth-order valence-electron chi connectivity index (χ4n) is 4.06. The lowest BCUT2D eigenvalue weighted by Crippen LogP contribution is -2.33. The van der Waals surface area contributed by atoms with Gasteiger partial charge in [-0.2, -0.15) is 23.5 Å². The molecule has 0 bridgehead atoms. The van der Waals surface area contributed by atoms with Crippen LogP contribution >= 0.6 is 0 Å². The lowest BCUT2D eigenvalue weighted by Gasteiger charge is -2.32. The van der Waals surface area contributed by atoms with Crippen LogP contribution in [0.5, 0.6) is 0 Å². The molecule has 0 aliphatic heterocycles. The van der Waals surface area contributed by atoms with Crippen molar-refractivity contribution in [2.24, 2.45) is 0 Å². The van der Waals surface area contributed by atoms with Gasteiger partial charge in [-0.1, -0.05) is 0 Å². The number of anilines is 1. The Morgan fingerprint density at radius 2 is 1.94 bits per heavy atom. The number of carbonyl (C=O) groups is 1. The molecule has 0 saturated heterocycles. The fraction of sp³-hybridized carbons (Fsp3) is 0.348. The third-order valence-corrected chi connectivity index (χ3v) is 6.14. The molecule has 0 radical (unpaired) electrons. The van der Waals surface area contributed by atoms with Crippen LogP contribution in [0, 0.1) is 24.1 Å². The number of amides is 1. The van der Waals surface area contributed by atoms with E-state index in [1.54, 1.807) is 12.1 Å². The Bertz CT molecular complexity index is 1290. The Kier molecular flexibility index (Phi) is 6.29. The molecule has 2 N–H and O–H groups in total. The maximum atomic E-state index is 14.3. The number of nitrogens with one attached hydrogen (secondary N) is 1. The smallest absolute Gasteiger partial charge is 0.393 e. The number of nitriles is 1. The normalized spacial score (nSPS) is 20.3. The van der Waals surface area contributed by atoms with Gasteiger partial charge in [0.1, 0.15) is 0 Å². The van der Waals surface area contributed by atoms with Gasteiger partial charge in [-0.25, -0.2) is 14.1 Å². The number of rotatable bonds is 4. The van der Waals surface area contributed by atoms with Gasteiger partial charge >= 0.3 is 6.18 Å². The zero-order valence-corrected chi connectivity index (χ0v) is 18.5. The minimum absolute atomic E-state index is 0.0601. The van der Waals surface area contributed by atoms with Crippen LogP contribution in [0.2, 0.25) is 0 Å². The second-order valence-corrected chi connectivity index (χ2v) is 8.39. The molecule has 182 valence electrons. The Hall–Kier alpha value is -3.85. The maximum absolute atomic E-state index is 14.3. The first kappa shape index (κ1) is 24.3. The first-order valence-electron chi connectivity index (χ1n) is 10.7. The van der Waals surface area contributed by atoms with E-state index in [4.69, 9.17) is 0 Å². The van der Waals surface area contributed by atoms with Crippen molar-refractivity contribution in [1.82, 2.24) is 19.7 Å². The van der Waals surface area contributed by atoms with Gasteiger partial charge in [0.25, 0.3) is 5.91 Å². The van der Waals surface area contributed by atoms with Gasteiger partial charge < -0.3 is 10.4 Å². The molecule has 4 rings (SSSR count). The highest BCUT2D eigenvalue weighted by atomic mass is 19.4. The highest BCUT2D eigenvalue weighted by Crippen LogP contribution is 2.38. The van der Waals surface area contributed by atoms with E-state index in [9.17, 15) is 32.7 Å². The Morgan fingerprint density at radius 1 is 1.23 bits per heavy atom. The van der Waals surface area contributed by atoms with Gasteiger partial charge in [0, 0.05) is 6.20 Å². The Balaban J connectivity index is 1.51. The highest BCUT2D eigenvalue weighted by molar-refractivity contribution is 6.04. The second kappa shape index (κ2) is 9.07. The number of aliphatic hydroxyl groups is 1. The van der Waals surface area contributed by atoms with Crippen molar-refractivity contribution in [3.8, 4) is 11.9 Å². The average molecular weight is 488 g/mol. The lowest BCUT2D eigenvalue weighted by atomic mass is 9.72. The molecule has 3 aromatic heterocycles. The van der Waals surface area contributed by atoms with Crippen molar-refractivity contribution >= 4 is 11.6 Å². The summed E-state index contributed by atoms with van der Waals surface area (Å²) in [5.74, 6) is -2.30. The SMILES string of the molecule is Cc1c(C(=O)Nc2ccc(C3(C#N)CCC(O)CC3)nc2)cnn1-c1ncc(C(F)(F)F)cc1F. The van der Waals surface area contributed by atoms with Crippen LogP contribution in [-0.2, 0) is 11.6 Å². The van der Waals surface area contributed by atoms with E-state index in [0.717, 1.165) is 10.9 Å². The van der Waals surface area contributed by atoms with Gasteiger partial charge in [-0.3, -0.25) is 9.78 Å². The number of hydrogen-bond acceptors (Lipinski definition) is 6.